The van der Waals surface area contributed by atoms with Gasteiger partial charge in [-0.3, -0.25) is 10.1 Å². The van der Waals surface area contributed by atoms with Gasteiger partial charge in [-0.25, -0.2) is 9.66 Å². The van der Waals surface area contributed by atoms with Gasteiger partial charge in [0.25, 0.3) is 5.69 Å². The molecule has 2 rings (SSSR count). The number of phenols is 1. The van der Waals surface area contributed by atoms with Crippen molar-refractivity contribution in [2.45, 2.75) is 6.92 Å². The normalized spacial score (nSPS) is 11.0. The number of rotatable bonds is 3. The summed E-state index contributed by atoms with van der Waals surface area (Å²) in [7, 11) is 0. The van der Waals surface area contributed by atoms with Crippen LogP contribution in [0.5, 0.6) is 5.75 Å². The van der Waals surface area contributed by atoms with Crippen molar-refractivity contribution in [3.63, 3.8) is 0 Å². The highest BCUT2D eigenvalue weighted by atomic mass is 16.6. The maximum Gasteiger partial charge on any atom is 0.270 e. The molecule has 0 unspecified atom stereocenters. The van der Waals surface area contributed by atoms with Crippen molar-refractivity contribution in [3.8, 4) is 5.75 Å². The van der Waals surface area contributed by atoms with Crippen molar-refractivity contribution in [2.75, 3.05) is 5.73 Å². The minimum atomic E-state index is -0.549. The van der Waals surface area contributed by atoms with Crippen LogP contribution in [0.15, 0.2) is 29.5 Å². The third-order valence-corrected chi connectivity index (χ3v) is 2.38. The first kappa shape index (κ1) is 12.6. The molecule has 2 aromatic rings. The van der Waals surface area contributed by atoms with E-state index in [9.17, 15) is 15.2 Å². The maximum atomic E-state index is 10.6. The first-order valence-electron chi connectivity index (χ1n) is 5.30. The summed E-state index contributed by atoms with van der Waals surface area (Å²) in [5, 5.41) is 24.2. The number of imidazole rings is 1. The summed E-state index contributed by atoms with van der Waals surface area (Å²) in [5.74, 6) is 0.0865. The molecule has 0 spiro atoms. The van der Waals surface area contributed by atoms with E-state index in [0.717, 1.165) is 0 Å². The van der Waals surface area contributed by atoms with E-state index >= 15 is 0 Å². The van der Waals surface area contributed by atoms with Crippen LogP contribution in [-0.4, -0.2) is 25.9 Å². The van der Waals surface area contributed by atoms with E-state index in [1.807, 2.05) is 0 Å². The molecule has 0 radical (unpaired) electrons. The van der Waals surface area contributed by atoms with Gasteiger partial charge in [0.1, 0.15) is 5.75 Å². The molecule has 0 aliphatic rings. The highest BCUT2D eigenvalue weighted by Gasteiger charge is 2.09. The zero-order valence-electron chi connectivity index (χ0n) is 10.0. The van der Waals surface area contributed by atoms with E-state index in [-0.39, 0.29) is 22.9 Å². The molecule has 0 fully saturated rings. The molecule has 0 saturated carbocycles. The predicted octanol–water partition coefficient (Wildman–Crippen LogP) is 1.27. The second kappa shape index (κ2) is 4.77. The van der Waals surface area contributed by atoms with Gasteiger partial charge >= 0.3 is 0 Å². The Morgan fingerprint density at radius 3 is 2.89 bits per heavy atom. The number of nitrogens with zero attached hydrogens (tertiary/aromatic N) is 4. The maximum absolute atomic E-state index is 10.6. The molecular weight excluding hydrogens is 250 g/mol. The summed E-state index contributed by atoms with van der Waals surface area (Å²) >= 11 is 0. The molecule has 1 aromatic heterocycles. The van der Waals surface area contributed by atoms with Crippen molar-refractivity contribution in [2.24, 2.45) is 5.10 Å². The lowest BCUT2D eigenvalue weighted by atomic mass is 10.2. The molecule has 0 amide bonds. The number of nitrogen functional groups attached to an aromatic ring is 1. The number of anilines is 1. The lowest BCUT2D eigenvalue weighted by Gasteiger charge is -1.99. The van der Waals surface area contributed by atoms with Gasteiger partial charge in [0.05, 0.1) is 23.0 Å². The van der Waals surface area contributed by atoms with Gasteiger partial charge in [-0.15, -0.1) is 0 Å². The van der Waals surface area contributed by atoms with Crippen molar-refractivity contribution in [3.05, 3.63) is 45.8 Å². The highest BCUT2D eigenvalue weighted by molar-refractivity contribution is 5.84. The standard InChI is InChI=1S/C11H11N5O3/c1-7-6-15(11(12)14-7)13-5-8-4-9(16(18)19)2-3-10(8)17/h2-6,17H,1H3,(H2,12,14). The third-order valence-electron chi connectivity index (χ3n) is 2.38. The van der Waals surface area contributed by atoms with Crippen LogP contribution in [-0.2, 0) is 0 Å². The molecule has 8 heteroatoms. The number of aromatic hydroxyl groups is 1. The molecule has 19 heavy (non-hydrogen) atoms. The molecule has 1 aromatic carbocycles. The molecule has 1 heterocycles. The third kappa shape index (κ3) is 2.68. The van der Waals surface area contributed by atoms with Crippen molar-refractivity contribution >= 4 is 17.9 Å². The van der Waals surface area contributed by atoms with Crippen molar-refractivity contribution in [1.29, 1.82) is 0 Å². The number of nitro benzene ring substituents is 1. The predicted molar refractivity (Wildman–Crippen MR) is 69.1 cm³/mol. The van der Waals surface area contributed by atoms with Gasteiger partial charge < -0.3 is 10.8 Å². The minimum Gasteiger partial charge on any atom is -0.507 e. The number of nitro groups is 1. The second-order valence-electron chi connectivity index (χ2n) is 3.83. The van der Waals surface area contributed by atoms with E-state index < -0.39 is 4.92 Å². The highest BCUT2D eigenvalue weighted by Crippen LogP contribution is 2.21. The summed E-state index contributed by atoms with van der Waals surface area (Å²) in [6, 6.07) is 3.67. The molecule has 0 saturated heterocycles. The van der Waals surface area contributed by atoms with Gasteiger partial charge in [-0.2, -0.15) is 5.10 Å². The number of aromatic nitrogens is 2. The number of non-ortho nitro benzene ring substituents is 1. The van der Waals surface area contributed by atoms with Crippen LogP contribution in [0.4, 0.5) is 11.6 Å². The van der Waals surface area contributed by atoms with Crippen LogP contribution < -0.4 is 5.73 Å². The quantitative estimate of drug-likeness (QED) is 0.489. The lowest BCUT2D eigenvalue weighted by Crippen LogP contribution is -1.97. The smallest absolute Gasteiger partial charge is 0.270 e. The number of hydrogen-bond acceptors (Lipinski definition) is 6. The number of phenolic OH excluding ortho intramolecular Hbond substituents is 1. The molecule has 3 N–H and O–H groups in total. The van der Waals surface area contributed by atoms with E-state index in [2.05, 4.69) is 10.1 Å². The van der Waals surface area contributed by atoms with Crippen molar-refractivity contribution in [1.82, 2.24) is 9.66 Å². The Kier molecular flexibility index (Phi) is 3.15. The van der Waals surface area contributed by atoms with Gasteiger partial charge in [-0.1, -0.05) is 0 Å². The van der Waals surface area contributed by atoms with E-state index in [4.69, 9.17) is 5.73 Å². The minimum absolute atomic E-state index is 0.107. The van der Waals surface area contributed by atoms with Crippen LogP contribution in [0.3, 0.4) is 0 Å². The Morgan fingerprint density at radius 1 is 1.58 bits per heavy atom. The molecule has 8 nitrogen and oxygen atoms in total. The van der Waals surface area contributed by atoms with Crippen molar-refractivity contribution < 1.29 is 10.0 Å². The fraction of sp³-hybridized carbons (Fsp3) is 0.0909. The number of hydrogen-bond donors (Lipinski definition) is 2. The van der Waals surface area contributed by atoms with Crippen LogP contribution in [0, 0.1) is 17.0 Å². The second-order valence-corrected chi connectivity index (χ2v) is 3.83. The number of nitrogens with two attached hydrogens (primary N) is 1. The molecule has 98 valence electrons. The fourth-order valence-corrected chi connectivity index (χ4v) is 1.48. The molecule has 0 aliphatic carbocycles. The first-order valence-corrected chi connectivity index (χ1v) is 5.30. The Hall–Kier alpha value is -2.90. The SMILES string of the molecule is Cc1cn(N=Cc2cc([N+](=O)[O-])ccc2O)c(N)n1. The van der Waals surface area contributed by atoms with Gasteiger partial charge in [0.15, 0.2) is 0 Å². The zero-order chi connectivity index (χ0) is 14.0. The van der Waals surface area contributed by atoms with E-state index in [1.165, 1.54) is 29.1 Å². The Labute approximate surface area is 108 Å². The van der Waals surface area contributed by atoms with Gasteiger partial charge in [0.2, 0.25) is 5.95 Å². The number of benzene rings is 1. The van der Waals surface area contributed by atoms with E-state index in [0.29, 0.717) is 5.69 Å². The van der Waals surface area contributed by atoms with E-state index in [1.54, 1.807) is 13.1 Å². The van der Waals surface area contributed by atoms with Gasteiger partial charge in [-0.05, 0) is 13.0 Å². The average Bonchev–Trinajstić information content (AvgIpc) is 2.66. The summed E-state index contributed by atoms with van der Waals surface area (Å²) in [6.45, 7) is 1.76. The summed E-state index contributed by atoms with van der Waals surface area (Å²) in [5.41, 5.74) is 6.37. The zero-order valence-corrected chi connectivity index (χ0v) is 10.0. The monoisotopic (exact) mass is 261 g/mol. The molecule has 0 atom stereocenters. The van der Waals surface area contributed by atoms with Crippen LogP contribution in [0.25, 0.3) is 0 Å². The number of aryl methyl sites for hydroxylation is 1. The van der Waals surface area contributed by atoms with Crippen LogP contribution >= 0.6 is 0 Å². The largest absolute Gasteiger partial charge is 0.507 e. The Balaban J connectivity index is 2.35. The molecular formula is C11H11N5O3. The van der Waals surface area contributed by atoms with Gasteiger partial charge in [0, 0.05) is 17.7 Å². The first-order chi connectivity index (χ1) is 8.97. The molecule has 0 bridgehead atoms. The fourth-order valence-electron chi connectivity index (χ4n) is 1.48. The topological polar surface area (TPSA) is 120 Å². The van der Waals surface area contributed by atoms with Crippen LogP contribution in [0.1, 0.15) is 11.3 Å². The summed E-state index contributed by atoms with van der Waals surface area (Å²) in [6.07, 6.45) is 2.88. The molecule has 0 aliphatic heterocycles. The van der Waals surface area contributed by atoms with Crippen LogP contribution in [0.2, 0.25) is 0 Å². The summed E-state index contributed by atoms with van der Waals surface area (Å²) in [4.78, 5) is 14.0. The Morgan fingerprint density at radius 2 is 2.32 bits per heavy atom. The average molecular weight is 261 g/mol. The summed E-state index contributed by atoms with van der Waals surface area (Å²) < 4.78 is 1.31. The Bertz CT molecular complexity index is 662. The lowest BCUT2D eigenvalue weighted by molar-refractivity contribution is -0.384.